The van der Waals surface area contributed by atoms with Crippen molar-refractivity contribution in [2.45, 2.75) is 17.1 Å². The quantitative estimate of drug-likeness (QED) is 0.223. The number of aryl methyl sites for hydroxylation is 1. The predicted molar refractivity (Wildman–Crippen MR) is 153 cm³/mol. The zero-order valence-electron chi connectivity index (χ0n) is 20.3. The monoisotopic (exact) mass is 502 g/mol. The Bertz CT molecular complexity index is 1560. The number of carbonyl (C=O) groups excluding carboxylic acids is 2. The highest BCUT2D eigenvalue weighted by molar-refractivity contribution is 8.00. The van der Waals surface area contributed by atoms with Crippen LogP contribution in [0.4, 0.5) is 11.4 Å². The first-order chi connectivity index (χ1) is 18.1. The number of amides is 2. The normalized spacial score (nSPS) is 11.6. The lowest BCUT2D eigenvalue weighted by atomic mass is 10.1. The molecule has 0 aliphatic heterocycles. The molecule has 0 aromatic heterocycles. The molecule has 0 saturated heterocycles. The number of benzene rings is 5. The molecule has 5 rings (SSSR count). The second-order valence-electron chi connectivity index (χ2n) is 8.72. The summed E-state index contributed by atoms with van der Waals surface area (Å²) in [6, 6.07) is 38.7. The highest BCUT2D eigenvalue weighted by Gasteiger charge is 2.23. The maximum Gasteiger partial charge on any atom is 0.255 e. The molecule has 4 nitrogen and oxygen atoms in total. The van der Waals surface area contributed by atoms with E-state index >= 15 is 0 Å². The Hall–Kier alpha value is -4.35. The molecule has 0 bridgehead atoms. The van der Waals surface area contributed by atoms with Crippen molar-refractivity contribution in [2.24, 2.45) is 0 Å². The highest BCUT2D eigenvalue weighted by Crippen LogP contribution is 2.38. The fourth-order valence-electron chi connectivity index (χ4n) is 4.24. The number of carbonyl (C=O) groups is 2. The number of thioether (sulfide) groups is 1. The van der Waals surface area contributed by atoms with Gasteiger partial charge >= 0.3 is 0 Å². The van der Waals surface area contributed by atoms with Crippen molar-refractivity contribution in [3.8, 4) is 0 Å². The van der Waals surface area contributed by atoms with Gasteiger partial charge in [0.05, 0.1) is 0 Å². The van der Waals surface area contributed by atoms with E-state index in [0.717, 1.165) is 32.5 Å². The first kappa shape index (κ1) is 24.3. The van der Waals surface area contributed by atoms with E-state index < -0.39 is 5.25 Å². The molecule has 1 unspecified atom stereocenters. The average Bonchev–Trinajstić information content (AvgIpc) is 2.93. The minimum atomic E-state index is -0.484. The fourth-order valence-corrected chi connectivity index (χ4v) is 5.33. The molecule has 2 amide bonds. The molecule has 0 spiro atoms. The third-order valence-corrected chi connectivity index (χ3v) is 7.37. The fraction of sp³-hybridized carbons (Fsp3) is 0.0625. The molecular weight excluding hydrogens is 476 g/mol. The Labute approximate surface area is 220 Å². The van der Waals surface area contributed by atoms with Crippen molar-refractivity contribution < 1.29 is 9.59 Å². The molecular formula is C32H26N2O2S. The van der Waals surface area contributed by atoms with Crippen LogP contribution in [0.2, 0.25) is 0 Å². The van der Waals surface area contributed by atoms with Crippen molar-refractivity contribution in [1.82, 2.24) is 0 Å². The molecule has 5 heteroatoms. The summed E-state index contributed by atoms with van der Waals surface area (Å²) in [4.78, 5) is 27.4. The lowest BCUT2D eigenvalue weighted by Crippen LogP contribution is -2.19. The van der Waals surface area contributed by atoms with E-state index in [-0.39, 0.29) is 11.8 Å². The van der Waals surface area contributed by atoms with Crippen molar-refractivity contribution in [3.05, 3.63) is 138 Å². The molecule has 37 heavy (non-hydrogen) atoms. The summed E-state index contributed by atoms with van der Waals surface area (Å²) in [6.45, 7) is 1.92. The van der Waals surface area contributed by atoms with Crippen LogP contribution in [0, 0.1) is 6.92 Å². The lowest BCUT2D eigenvalue weighted by molar-refractivity contribution is -0.115. The molecule has 0 aliphatic carbocycles. The lowest BCUT2D eigenvalue weighted by Gasteiger charge is -2.18. The van der Waals surface area contributed by atoms with Crippen molar-refractivity contribution in [3.63, 3.8) is 0 Å². The summed E-state index contributed by atoms with van der Waals surface area (Å²) < 4.78 is 0. The van der Waals surface area contributed by atoms with Crippen LogP contribution >= 0.6 is 11.8 Å². The van der Waals surface area contributed by atoms with Gasteiger partial charge in [-0.25, -0.2) is 0 Å². The Kier molecular flexibility index (Phi) is 7.33. The molecule has 1 atom stereocenters. The predicted octanol–water partition coefficient (Wildman–Crippen LogP) is 7.87. The van der Waals surface area contributed by atoms with Crippen LogP contribution in [-0.2, 0) is 4.79 Å². The maximum absolute atomic E-state index is 13.6. The minimum absolute atomic E-state index is 0.109. The second-order valence-corrected chi connectivity index (χ2v) is 9.90. The van der Waals surface area contributed by atoms with Crippen molar-refractivity contribution in [1.29, 1.82) is 0 Å². The Balaban J connectivity index is 1.40. The molecule has 0 radical (unpaired) electrons. The van der Waals surface area contributed by atoms with Crippen LogP contribution in [0.3, 0.4) is 0 Å². The first-order valence-electron chi connectivity index (χ1n) is 12.1. The Morgan fingerprint density at radius 2 is 1.41 bits per heavy atom. The first-order valence-corrected chi connectivity index (χ1v) is 12.9. The third kappa shape index (κ3) is 5.74. The summed E-state index contributed by atoms with van der Waals surface area (Å²) in [5, 5.41) is 7.72. The van der Waals surface area contributed by atoms with Crippen LogP contribution in [0.1, 0.15) is 26.7 Å². The van der Waals surface area contributed by atoms with Gasteiger partial charge < -0.3 is 10.6 Å². The van der Waals surface area contributed by atoms with Gasteiger partial charge in [0.15, 0.2) is 0 Å². The van der Waals surface area contributed by atoms with E-state index in [9.17, 15) is 9.59 Å². The van der Waals surface area contributed by atoms with Gasteiger partial charge in [-0.05, 0) is 53.8 Å². The number of nitrogens with one attached hydrogen (secondary N) is 2. The third-order valence-electron chi connectivity index (χ3n) is 6.12. The van der Waals surface area contributed by atoms with Crippen LogP contribution < -0.4 is 10.6 Å². The van der Waals surface area contributed by atoms with E-state index in [1.54, 1.807) is 0 Å². The second kappa shape index (κ2) is 11.1. The molecule has 5 aromatic rings. The number of fused-ring (bicyclic) bond motifs is 1. The maximum atomic E-state index is 13.6. The zero-order valence-corrected chi connectivity index (χ0v) is 21.2. The van der Waals surface area contributed by atoms with Gasteiger partial charge in [0.2, 0.25) is 5.91 Å². The topological polar surface area (TPSA) is 58.2 Å². The van der Waals surface area contributed by atoms with Gasteiger partial charge in [0.25, 0.3) is 5.91 Å². The van der Waals surface area contributed by atoms with E-state index in [1.807, 2.05) is 128 Å². The summed E-state index contributed by atoms with van der Waals surface area (Å²) in [7, 11) is 0. The van der Waals surface area contributed by atoms with Crippen LogP contribution in [0.15, 0.2) is 126 Å². The molecule has 5 aromatic carbocycles. The average molecular weight is 503 g/mol. The number of rotatable bonds is 7. The van der Waals surface area contributed by atoms with Crippen molar-refractivity contribution in [2.75, 3.05) is 10.6 Å². The largest absolute Gasteiger partial charge is 0.324 e. The smallest absolute Gasteiger partial charge is 0.255 e. The molecule has 0 heterocycles. The van der Waals surface area contributed by atoms with E-state index in [2.05, 4.69) is 10.6 Å². The van der Waals surface area contributed by atoms with Gasteiger partial charge in [0, 0.05) is 27.2 Å². The van der Waals surface area contributed by atoms with Gasteiger partial charge in [-0.2, -0.15) is 0 Å². The summed E-state index contributed by atoms with van der Waals surface area (Å²) >= 11 is 1.45. The Morgan fingerprint density at radius 3 is 2.24 bits per heavy atom. The minimum Gasteiger partial charge on any atom is -0.324 e. The van der Waals surface area contributed by atoms with Crippen LogP contribution in [-0.4, -0.2) is 11.8 Å². The van der Waals surface area contributed by atoms with Crippen molar-refractivity contribution >= 4 is 45.7 Å². The SMILES string of the molecule is Cc1ccccc1C(=O)Nc1cccc(SC(C(=O)Nc2cccc3ccccc23)c2ccccc2)c1. The molecule has 0 fully saturated rings. The highest BCUT2D eigenvalue weighted by atomic mass is 32.2. The summed E-state index contributed by atoms with van der Waals surface area (Å²) in [6.07, 6.45) is 0. The van der Waals surface area contributed by atoms with Gasteiger partial charge in [-0.1, -0.05) is 91.0 Å². The van der Waals surface area contributed by atoms with E-state index in [0.29, 0.717) is 11.3 Å². The standard InChI is InChI=1S/C32H26N2O2S/c1-22-11-5-7-18-27(22)31(35)33-25-16-10-17-26(21-25)37-30(24-13-3-2-4-14-24)32(36)34-29-20-9-15-23-12-6-8-19-28(23)29/h2-21,30H,1H3,(H,33,35)(H,34,36). The van der Waals surface area contributed by atoms with E-state index in [1.165, 1.54) is 11.8 Å². The van der Waals surface area contributed by atoms with Crippen LogP contribution in [0.25, 0.3) is 10.8 Å². The summed E-state index contributed by atoms with van der Waals surface area (Å²) in [5.74, 6) is -0.268. The van der Waals surface area contributed by atoms with Gasteiger partial charge in [-0.15, -0.1) is 11.8 Å². The number of hydrogen-bond donors (Lipinski definition) is 2. The van der Waals surface area contributed by atoms with Gasteiger partial charge in [0.1, 0.15) is 5.25 Å². The molecule has 182 valence electrons. The Morgan fingerprint density at radius 1 is 0.703 bits per heavy atom. The molecule has 0 aliphatic rings. The molecule has 0 saturated carbocycles. The van der Waals surface area contributed by atoms with Crippen LogP contribution in [0.5, 0.6) is 0 Å². The summed E-state index contributed by atoms with van der Waals surface area (Å²) in [5.41, 5.74) is 3.92. The van der Waals surface area contributed by atoms with E-state index in [4.69, 9.17) is 0 Å². The zero-order chi connectivity index (χ0) is 25.6. The number of hydrogen-bond acceptors (Lipinski definition) is 3. The molecule has 2 N–H and O–H groups in total. The van der Waals surface area contributed by atoms with Gasteiger partial charge in [-0.3, -0.25) is 9.59 Å². The number of anilines is 2.